The Morgan fingerprint density at radius 3 is 2.22 bits per heavy atom. The second-order valence-corrected chi connectivity index (χ2v) is 9.18. The van der Waals surface area contributed by atoms with Crippen molar-refractivity contribution in [2.24, 2.45) is 10.5 Å². The highest BCUT2D eigenvalue weighted by Crippen LogP contribution is 2.64. The summed E-state index contributed by atoms with van der Waals surface area (Å²) in [5, 5.41) is 6.28. The van der Waals surface area contributed by atoms with Gasteiger partial charge in [0.2, 0.25) is 0 Å². The Kier molecular flexibility index (Phi) is 5.03. The van der Waals surface area contributed by atoms with Gasteiger partial charge < -0.3 is 9.47 Å². The summed E-state index contributed by atoms with van der Waals surface area (Å²) >= 11 is 0. The van der Waals surface area contributed by atoms with Crippen LogP contribution in [0.3, 0.4) is 0 Å². The Hall–Kier alpha value is -4.26. The third-order valence-electron chi connectivity index (χ3n) is 7.58. The van der Waals surface area contributed by atoms with E-state index in [9.17, 15) is 14.4 Å². The van der Waals surface area contributed by atoms with Gasteiger partial charge in [0.1, 0.15) is 11.2 Å². The number of rotatable bonds is 4. The fourth-order valence-electron chi connectivity index (χ4n) is 6.16. The number of fused-ring (bicyclic) bond motifs is 5. The van der Waals surface area contributed by atoms with E-state index in [1.165, 1.54) is 0 Å². The van der Waals surface area contributed by atoms with E-state index in [0.29, 0.717) is 22.4 Å². The molecule has 0 amide bonds. The van der Waals surface area contributed by atoms with E-state index >= 15 is 0 Å². The zero-order valence-electron chi connectivity index (χ0n) is 19.9. The van der Waals surface area contributed by atoms with Gasteiger partial charge in [0, 0.05) is 17.0 Å². The molecule has 7 nitrogen and oxygen atoms in total. The van der Waals surface area contributed by atoms with E-state index in [2.05, 4.69) is 5.10 Å². The van der Waals surface area contributed by atoms with Gasteiger partial charge in [0.15, 0.2) is 17.6 Å². The number of methoxy groups -OCH3 is 1. The Balaban J connectivity index is 1.67. The normalized spacial score (nSPS) is 22.8. The number of hydrogen-bond donors (Lipinski definition) is 0. The van der Waals surface area contributed by atoms with Gasteiger partial charge in [0.25, 0.3) is 0 Å². The summed E-state index contributed by atoms with van der Waals surface area (Å²) in [5.74, 6) is -1.31. The first-order chi connectivity index (χ1) is 17.5. The summed E-state index contributed by atoms with van der Waals surface area (Å²) in [5.41, 5.74) is 1.42. The average molecular weight is 481 g/mol. The van der Waals surface area contributed by atoms with Crippen LogP contribution >= 0.6 is 0 Å². The van der Waals surface area contributed by atoms with Crippen molar-refractivity contribution < 1.29 is 23.9 Å². The molecular weight excluding hydrogens is 456 g/mol. The third-order valence-corrected chi connectivity index (χ3v) is 7.58. The number of nitrogens with zero attached hydrogens (tertiary/aromatic N) is 2. The van der Waals surface area contributed by atoms with E-state index in [4.69, 9.17) is 9.47 Å². The molecule has 2 aliphatic heterocycles. The molecule has 1 aliphatic carbocycles. The maximum atomic E-state index is 14.5. The Morgan fingerprint density at radius 1 is 0.944 bits per heavy atom. The smallest absolute Gasteiger partial charge is 0.331 e. The molecule has 0 saturated carbocycles. The van der Waals surface area contributed by atoms with Crippen LogP contribution in [-0.4, -0.2) is 48.5 Å². The number of Topliss-reactive ketones (excluding diaryl/α,β-unsaturated/α-hetero) is 2. The SMILES string of the molecule is CCOC(=O)C1C(c2ccc(OC)cc2)C2(C(=O)c3ccccc3C2=O)C2c3ccccc3C=NN12. The molecule has 3 unspecified atom stereocenters. The van der Waals surface area contributed by atoms with Crippen molar-refractivity contribution in [1.29, 1.82) is 0 Å². The lowest BCUT2D eigenvalue weighted by atomic mass is 9.63. The zero-order valence-corrected chi connectivity index (χ0v) is 19.9. The minimum absolute atomic E-state index is 0.165. The number of ketones is 2. The van der Waals surface area contributed by atoms with Crippen LogP contribution in [0.5, 0.6) is 5.75 Å². The molecular formula is C29H24N2O5. The topological polar surface area (TPSA) is 85.3 Å². The lowest BCUT2D eigenvalue weighted by molar-refractivity contribution is -0.149. The van der Waals surface area contributed by atoms with Crippen LogP contribution in [0.2, 0.25) is 0 Å². The monoisotopic (exact) mass is 480 g/mol. The molecule has 1 fully saturated rings. The first kappa shape index (κ1) is 22.2. The highest BCUT2D eigenvalue weighted by molar-refractivity contribution is 6.31. The first-order valence-corrected chi connectivity index (χ1v) is 11.9. The van der Waals surface area contributed by atoms with Gasteiger partial charge in [-0.3, -0.25) is 14.6 Å². The number of ether oxygens (including phenoxy) is 2. The maximum Gasteiger partial charge on any atom is 0.331 e. The second kappa shape index (κ2) is 8.16. The highest BCUT2D eigenvalue weighted by Gasteiger charge is 2.73. The van der Waals surface area contributed by atoms with Gasteiger partial charge in [-0.1, -0.05) is 60.7 Å². The number of hydrogen-bond acceptors (Lipinski definition) is 7. The Labute approximate surface area is 208 Å². The lowest BCUT2D eigenvalue weighted by Crippen LogP contribution is -2.44. The summed E-state index contributed by atoms with van der Waals surface area (Å²) in [6.45, 7) is 1.90. The Morgan fingerprint density at radius 2 is 1.58 bits per heavy atom. The number of esters is 1. The van der Waals surface area contributed by atoms with Gasteiger partial charge in [-0.05, 0) is 35.7 Å². The van der Waals surface area contributed by atoms with Crippen LogP contribution in [0.15, 0.2) is 77.9 Å². The second-order valence-electron chi connectivity index (χ2n) is 9.18. The first-order valence-electron chi connectivity index (χ1n) is 11.9. The molecule has 36 heavy (non-hydrogen) atoms. The van der Waals surface area contributed by atoms with E-state index in [1.54, 1.807) is 61.7 Å². The van der Waals surface area contributed by atoms with Gasteiger partial charge >= 0.3 is 5.97 Å². The van der Waals surface area contributed by atoms with Crippen molar-refractivity contribution in [1.82, 2.24) is 5.01 Å². The molecule has 1 saturated heterocycles. The summed E-state index contributed by atoms with van der Waals surface area (Å²) in [7, 11) is 1.57. The summed E-state index contributed by atoms with van der Waals surface area (Å²) in [6.07, 6.45) is 1.68. The number of carbonyl (C=O) groups is 3. The fraction of sp³-hybridized carbons (Fsp3) is 0.241. The van der Waals surface area contributed by atoms with Gasteiger partial charge in [-0.25, -0.2) is 4.79 Å². The summed E-state index contributed by atoms with van der Waals surface area (Å²) < 4.78 is 10.8. The molecule has 3 aromatic carbocycles. The number of benzene rings is 3. The predicted molar refractivity (Wildman–Crippen MR) is 132 cm³/mol. The van der Waals surface area contributed by atoms with Gasteiger partial charge in [0.05, 0.1) is 26.0 Å². The standard InChI is InChI=1S/C29H24N2O5/c1-3-36-28(34)24-23(17-12-14-19(35-2)15-13-17)29(26(32)21-10-6-7-11-22(21)27(29)33)25-20-9-5-4-8-18(20)16-30-31(24)25/h4-16,23-25H,3H2,1-2H3. The summed E-state index contributed by atoms with van der Waals surface area (Å²) in [6, 6.07) is 19.9. The van der Waals surface area contributed by atoms with Crippen LogP contribution in [0, 0.1) is 5.41 Å². The van der Waals surface area contributed by atoms with Crippen molar-refractivity contribution >= 4 is 23.8 Å². The third kappa shape index (κ3) is 2.80. The molecule has 180 valence electrons. The van der Waals surface area contributed by atoms with Crippen molar-refractivity contribution in [3.05, 3.63) is 101 Å². The van der Waals surface area contributed by atoms with E-state index in [0.717, 1.165) is 11.1 Å². The molecule has 0 bridgehead atoms. The lowest BCUT2D eigenvalue weighted by Gasteiger charge is -2.36. The molecule has 0 radical (unpaired) electrons. The van der Waals surface area contributed by atoms with Crippen LogP contribution in [0.4, 0.5) is 0 Å². The minimum atomic E-state index is -1.59. The largest absolute Gasteiger partial charge is 0.497 e. The average Bonchev–Trinajstić information content (AvgIpc) is 3.35. The van der Waals surface area contributed by atoms with Gasteiger partial charge in [-0.2, -0.15) is 5.10 Å². The molecule has 0 N–H and O–H groups in total. The van der Waals surface area contributed by atoms with Crippen molar-refractivity contribution in [2.45, 2.75) is 24.9 Å². The molecule has 1 spiro atoms. The van der Waals surface area contributed by atoms with E-state index < -0.39 is 29.4 Å². The van der Waals surface area contributed by atoms with Crippen LogP contribution < -0.4 is 4.74 Å². The van der Waals surface area contributed by atoms with Crippen molar-refractivity contribution in [3.63, 3.8) is 0 Å². The number of hydrazone groups is 1. The van der Waals surface area contributed by atoms with Crippen molar-refractivity contribution in [2.75, 3.05) is 13.7 Å². The quantitative estimate of drug-likeness (QED) is 0.411. The van der Waals surface area contributed by atoms with Crippen LogP contribution in [-0.2, 0) is 9.53 Å². The maximum absolute atomic E-state index is 14.5. The molecule has 3 aromatic rings. The fourth-order valence-corrected chi connectivity index (χ4v) is 6.16. The molecule has 3 aliphatic rings. The van der Waals surface area contributed by atoms with Crippen molar-refractivity contribution in [3.8, 4) is 5.75 Å². The van der Waals surface area contributed by atoms with E-state index in [-0.39, 0.29) is 18.2 Å². The van der Waals surface area contributed by atoms with Crippen LogP contribution in [0.25, 0.3) is 0 Å². The molecule has 3 atom stereocenters. The predicted octanol–water partition coefficient (Wildman–Crippen LogP) is 4.18. The van der Waals surface area contributed by atoms with Crippen LogP contribution in [0.1, 0.15) is 56.3 Å². The Bertz CT molecular complexity index is 1390. The van der Waals surface area contributed by atoms with E-state index in [1.807, 2.05) is 36.4 Å². The molecule has 0 aromatic heterocycles. The number of carbonyl (C=O) groups excluding carboxylic acids is 3. The molecule has 7 heteroatoms. The van der Waals surface area contributed by atoms with Gasteiger partial charge in [-0.15, -0.1) is 0 Å². The summed E-state index contributed by atoms with van der Waals surface area (Å²) in [4.78, 5) is 42.5. The zero-order chi connectivity index (χ0) is 25.0. The molecule has 2 heterocycles. The highest BCUT2D eigenvalue weighted by atomic mass is 16.5. The minimum Gasteiger partial charge on any atom is -0.497 e. The molecule has 6 rings (SSSR count).